The van der Waals surface area contributed by atoms with Crippen molar-refractivity contribution in [3.05, 3.63) is 0 Å². The third kappa shape index (κ3) is 2.57. The van der Waals surface area contributed by atoms with Crippen LogP contribution in [0.4, 0.5) is 0 Å². The molecule has 1 aliphatic rings. The molecule has 0 spiro atoms. The van der Waals surface area contributed by atoms with Gasteiger partial charge in [-0.2, -0.15) is 0 Å². The quantitative estimate of drug-likeness (QED) is 0.751. The normalized spacial score (nSPS) is 23.6. The topological polar surface area (TPSA) is 77.9 Å². The maximum atomic E-state index is 11.9. The number of amides is 2. The lowest BCUT2D eigenvalue weighted by Crippen LogP contribution is -2.53. The van der Waals surface area contributed by atoms with Crippen LogP contribution in [-0.4, -0.2) is 58.4 Å². The van der Waals surface area contributed by atoms with Crippen LogP contribution in [0.25, 0.3) is 0 Å². The van der Waals surface area contributed by atoms with E-state index >= 15 is 0 Å². The largest absolute Gasteiger partial charge is 0.480 e. The number of carboxylic acid groups (broad SMARTS) is 1. The van der Waals surface area contributed by atoms with Gasteiger partial charge in [-0.3, -0.25) is 9.59 Å². The first-order chi connectivity index (χ1) is 7.79. The van der Waals surface area contributed by atoms with E-state index < -0.39 is 11.5 Å². The maximum absolute atomic E-state index is 11.9. The third-order valence-corrected chi connectivity index (χ3v) is 3.31. The Labute approximate surface area is 100 Å². The van der Waals surface area contributed by atoms with Gasteiger partial charge in [0.05, 0.1) is 6.54 Å². The highest BCUT2D eigenvalue weighted by molar-refractivity contribution is 5.90. The lowest BCUT2D eigenvalue weighted by molar-refractivity contribution is -0.156. The molecule has 0 radical (unpaired) electrons. The van der Waals surface area contributed by atoms with Crippen molar-refractivity contribution in [3.8, 4) is 0 Å². The van der Waals surface area contributed by atoms with E-state index in [-0.39, 0.29) is 18.4 Å². The van der Waals surface area contributed by atoms with Gasteiger partial charge >= 0.3 is 5.97 Å². The summed E-state index contributed by atoms with van der Waals surface area (Å²) in [6.45, 7) is 3.28. The lowest BCUT2D eigenvalue weighted by Gasteiger charge is -2.32. The minimum Gasteiger partial charge on any atom is -0.480 e. The standard InChI is InChI=1S/C11H18N2O4/c1-8(14)12(3)7-9(15)13-6-4-5-11(13,2)10(16)17/h4-7H2,1-3H3,(H,16,17). The van der Waals surface area contributed by atoms with Crippen LogP contribution in [0.15, 0.2) is 0 Å². The number of nitrogens with zero attached hydrogens (tertiary/aromatic N) is 2. The monoisotopic (exact) mass is 242 g/mol. The summed E-state index contributed by atoms with van der Waals surface area (Å²) in [7, 11) is 1.52. The van der Waals surface area contributed by atoms with Crippen molar-refractivity contribution in [3.63, 3.8) is 0 Å². The van der Waals surface area contributed by atoms with Gasteiger partial charge in [-0.25, -0.2) is 4.79 Å². The molecule has 96 valence electrons. The van der Waals surface area contributed by atoms with Gasteiger partial charge in [0.1, 0.15) is 5.54 Å². The van der Waals surface area contributed by atoms with E-state index in [9.17, 15) is 14.4 Å². The van der Waals surface area contributed by atoms with Crippen molar-refractivity contribution in [2.45, 2.75) is 32.2 Å². The van der Waals surface area contributed by atoms with Gasteiger partial charge in [-0.05, 0) is 19.8 Å². The van der Waals surface area contributed by atoms with Crippen molar-refractivity contribution >= 4 is 17.8 Å². The van der Waals surface area contributed by atoms with Crippen LogP contribution >= 0.6 is 0 Å². The predicted molar refractivity (Wildman–Crippen MR) is 60.3 cm³/mol. The van der Waals surface area contributed by atoms with Crippen LogP contribution in [0.1, 0.15) is 26.7 Å². The molecule has 0 saturated carbocycles. The molecule has 1 atom stereocenters. The van der Waals surface area contributed by atoms with E-state index in [1.807, 2.05) is 0 Å². The molecule has 0 aromatic heterocycles. The van der Waals surface area contributed by atoms with Gasteiger partial charge in [0.2, 0.25) is 11.8 Å². The third-order valence-electron chi connectivity index (χ3n) is 3.31. The van der Waals surface area contributed by atoms with E-state index in [1.165, 1.54) is 23.8 Å². The minimum atomic E-state index is -1.13. The molecule has 1 saturated heterocycles. The molecule has 1 unspecified atom stereocenters. The number of carboxylic acids is 1. The van der Waals surface area contributed by atoms with Gasteiger partial charge in [-0.1, -0.05) is 0 Å². The highest BCUT2D eigenvalue weighted by Gasteiger charge is 2.45. The zero-order valence-corrected chi connectivity index (χ0v) is 10.4. The Bertz CT molecular complexity index is 355. The molecular formula is C11H18N2O4. The highest BCUT2D eigenvalue weighted by Crippen LogP contribution is 2.29. The van der Waals surface area contributed by atoms with Crippen molar-refractivity contribution in [2.75, 3.05) is 20.1 Å². The van der Waals surface area contributed by atoms with Gasteiger partial charge in [-0.15, -0.1) is 0 Å². The van der Waals surface area contributed by atoms with Crippen molar-refractivity contribution < 1.29 is 19.5 Å². The van der Waals surface area contributed by atoms with Crippen molar-refractivity contribution in [1.29, 1.82) is 0 Å². The molecule has 6 nitrogen and oxygen atoms in total. The fourth-order valence-corrected chi connectivity index (χ4v) is 1.99. The van der Waals surface area contributed by atoms with Crippen LogP contribution in [-0.2, 0) is 14.4 Å². The van der Waals surface area contributed by atoms with E-state index in [0.717, 1.165) is 0 Å². The maximum Gasteiger partial charge on any atom is 0.329 e. The molecule has 1 heterocycles. The second kappa shape index (κ2) is 4.73. The Kier molecular flexibility index (Phi) is 3.75. The Hall–Kier alpha value is -1.59. The number of rotatable bonds is 3. The second-order valence-electron chi connectivity index (χ2n) is 4.60. The van der Waals surface area contributed by atoms with Gasteiger partial charge in [0.25, 0.3) is 0 Å². The van der Waals surface area contributed by atoms with Gasteiger partial charge < -0.3 is 14.9 Å². The summed E-state index contributed by atoms with van der Waals surface area (Å²) in [5.74, 6) is -1.52. The van der Waals surface area contributed by atoms with Crippen LogP contribution < -0.4 is 0 Å². The number of carbonyl (C=O) groups is 3. The number of hydrogen-bond acceptors (Lipinski definition) is 3. The fourth-order valence-electron chi connectivity index (χ4n) is 1.99. The summed E-state index contributed by atoms with van der Waals surface area (Å²) < 4.78 is 0. The summed E-state index contributed by atoms with van der Waals surface area (Å²) >= 11 is 0. The van der Waals surface area contributed by atoms with E-state index in [4.69, 9.17) is 5.11 Å². The fraction of sp³-hybridized carbons (Fsp3) is 0.727. The summed E-state index contributed by atoms with van der Waals surface area (Å²) in [5, 5.41) is 9.16. The Morgan fingerprint density at radius 3 is 2.47 bits per heavy atom. The molecule has 6 heteroatoms. The lowest BCUT2D eigenvalue weighted by atomic mass is 9.99. The minimum absolute atomic E-state index is 0.0712. The second-order valence-corrected chi connectivity index (χ2v) is 4.60. The molecule has 17 heavy (non-hydrogen) atoms. The van der Waals surface area contributed by atoms with Crippen LogP contribution in [0.2, 0.25) is 0 Å². The molecule has 0 aliphatic carbocycles. The Morgan fingerprint density at radius 1 is 1.41 bits per heavy atom. The van der Waals surface area contributed by atoms with Crippen LogP contribution in [0.3, 0.4) is 0 Å². The molecular weight excluding hydrogens is 224 g/mol. The summed E-state index contributed by atoms with van der Waals surface area (Å²) in [4.78, 5) is 36.8. The molecule has 0 bridgehead atoms. The average molecular weight is 242 g/mol. The van der Waals surface area contributed by atoms with Crippen LogP contribution in [0.5, 0.6) is 0 Å². The number of likely N-dealkylation sites (N-methyl/N-ethyl adjacent to an activating group) is 1. The van der Waals surface area contributed by atoms with E-state index in [0.29, 0.717) is 19.4 Å². The van der Waals surface area contributed by atoms with Gasteiger partial charge in [0.15, 0.2) is 0 Å². The number of carbonyl (C=O) groups excluding carboxylic acids is 2. The average Bonchev–Trinajstić information content (AvgIpc) is 2.61. The summed E-state index contributed by atoms with van der Waals surface area (Å²) in [6, 6.07) is 0. The molecule has 0 aromatic carbocycles. The van der Waals surface area contributed by atoms with Crippen LogP contribution in [0, 0.1) is 0 Å². The zero-order valence-electron chi connectivity index (χ0n) is 10.4. The zero-order chi connectivity index (χ0) is 13.2. The van der Waals surface area contributed by atoms with Crippen molar-refractivity contribution in [1.82, 2.24) is 9.80 Å². The molecule has 2 amide bonds. The number of hydrogen-bond donors (Lipinski definition) is 1. The van der Waals surface area contributed by atoms with E-state index in [2.05, 4.69) is 0 Å². The smallest absolute Gasteiger partial charge is 0.329 e. The molecule has 1 rings (SSSR count). The molecule has 1 fully saturated rings. The summed E-state index contributed by atoms with van der Waals surface area (Å²) in [5.41, 5.74) is -1.13. The molecule has 1 aliphatic heterocycles. The Morgan fingerprint density at radius 2 is 2.00 bits per heavy atom. The Balaban J connectivity index is 2.75. The highest BCUT2D eigenvalue weighted by atomic mass is 16.4. The first-order valence-corrected chi connectivity index (χ1v) is 5.54. The molecule has 0 aromatic rings. The van der Waals surface area contributed by atoms with Gasteiger partial charge in [0, 0.05) is 20.5 Å². The number of aliphatic carboxylic acids is 1. The van der Waals surface area contributed by atoms with E-state index in [1.54, 1.807) is 6.92 Å². The number of likely N-dealkylation sites (tertiary alicyclic amines) is 1. The van der Waals surface area contributed by atoms with Crippen molar-refractivity contribution in [2.24, 2.45) is 0 Å². The first kappa shape index (κ1) is 13.5. The summed E-state index contributed by atoms with van der Waals surface area (Å²) in [6.07, 6.45) is 1.14. The first-order valence-electron chi connectivity index (χ1n) is 5.54. The SMILES string of the molecule is CC(=O)N(C)CC(=O)N1CCCC1(C)C(=O)O. The predicted octanol–water partition coefficient (Wildman–Crippen LogP) is -0.0696. The molecule has 1 N–H and O–H groups in total.